The lowest BCUT2D eigenvalue weighted by molar-refractivity contribution is -0.129. The van der Waals surface area contributed by atoms with Crippen LogP contribution in [-0.2, 0) is 4.79 Å². The Labute approximate surface area is 173 Å². The van der Waals surface area contributed by atoms with Gasteiger partial charge in [-0.05, 0) is 75.6 Å². The molecule has 3 rings (SSSR count). The second-order valence-corrected chi connectivity index (χ2v) is 8.29. The number of carbonyl (C=O) groups excluding carboxylic acids is 1. The summed E-state index contributed by atoms with van der Waals surface area (Å²) in [6, 6.07) is 11.4. The summed E-state index contributed by atoms with van der Waals surface area (Å²) in [7, 11) is 1.63. The fourth-order valence-electron chi connectivity index (χ4n) is 3.63. The van der Waals surface area contributed by atoms with Crippen LogP contribution in [0.25, 0.3) is 0 Å². The van der Waals surface area contributed by atoms with Gasteiger partial charge in [-0.1, -0.05) is 13.0 Å². The number of nitrogens with one attached hydrogen (secondary N) is 1. The van der Waals surface area contributed by atoms with E-state index in [0.717, 1.165) is 22.6 Å². The van der Waals surface area contributed by atoms with Gasteiger partial charge in [0.1, 0.15) is 22.8 Å². The van der Waals surface area contributed by atoms with E-state index < -0.39 is 6.10 Å². The fourth-order valence-corrected chi connectivity index (χ4v) is 3.63. The highest BCUT2D eigenvalue weighted by Crippen LogP contribution is 2.41. The molecule has 29 heavy (non-hydrogen) atoms. The SMILES string of the molecule is CC[C@@H](Oc1ccc(C)c(C)c1)C(=O)N[C@@H]1CC(C)(C)Oc2ccc(OC)cc21. The van der Waals surface area contributed by atoms with Gasteiger partial charge in [-0.25, -0.2) is 0 Å². The lowest BCUT2D eigenvalue weighted by Crippen LogP contribution is -2.45. The number of hydrogen-bond donors (Lipinski definition) is 1. The van der Waals surface area contributed by atoms with Gasteiger partial charge in [0, 0.05) is 12.0 Å². The van der Waals surface area contributed by atoms with Crippen molar-refractivity contribution in [2.45, 2.75) is 65.2 Å². The molecule has 0 aliphatic carbocycles. The number of fused-ring (bicyclic) bond motifs is 1. The minimum absolute atomic E-state index is 0.123. The van der Waals surface area contributed by atoms with E-state index in [-0.39, 0.29) is 17.6 Å². The van der Waals surface area contributed by atoms with Crippen LogP contribution in [0.2, 0.25) is 0 Å². The van der Waals surface area contributed by atoms with Crippen LogP contribution in [-0.4, -0.2) is 24.7 Å². The third-order valence-corrected chi connectivity index (χ3v) is 5.41. The Kier molecular flexibility index (Phi) is 6.06. The highest BCUT2D eigenvalue weighted by molar-refractivity contribution is 5.81. The summed E-state index contributed by atoms with van der Waals surface area (Å²) < 4.78 is 17.5. The summed E-state index contributed by atoms with van der Waals surface area (Å²) in [5, 5.41) is 3.18. The number of hydrogen-bond acceptors (Lipinski definition) is 4. The second-order valence-electron chi connectivity index (χ2n) is 8.29. The van der Waals surface area contributed by atoms with E-state index in [9.17, 15) is 4.79 Å². The molecule has 2 aromatic carbocycles. The topological polar surface area (TPSA) is 56.8 Å². The van der Waals surface area contributed by atoms with Crippen molar-refractivity contribution < 1.29 is 19.0 Å². The zero-order chi connectivity index (χ0) is 21.2. The molecule has 0 saturated heterocycles. The number of benzene rings is 2. The van der Waals surface area contributed by atoms with E-state index in [0.29, 0.717) is 18.6 Å². The third-order valence-electron chi connectivity index (χ3n) is 5.41. The number of aryl methyl sites for hydroxylation is 2. The molecule has 5 nitrogen and oxygen atoms in total. The van der Waals surface area contributed by atoms with Gasteiger partial charge in [0.25, 0.3) is 5.91 Å². The summed E-state index contributed by atoms with van der Waals surface area (Å²) in [6.45, 7) is 10.1. The molecule has 5 heteroatoms. The molecule has 0 fully saturated rings. The summed E-state index contributed by atoms with van der Waals surface area (Å²) in [4.78, 5) is 13.1. The minimum Gasteiger partial charge on any atom is -0.497 e. The number of amides is 1. The molecule has 0 bridgehead atoms. The molecule has 0 spiro atoms. The fraction of sp³-hybridized carbons (Fsp3) is 0.458. The molecule has 1 heterocycles. The van der Waals surface area contributed by atoms with Gasteiger partial charge in [0.15, 0.2) is 6.10 Å². The van der Waals surface area contributed by atoms with Crippen LogP contribution in [0.15, 0.2) is 36.4 Å². The van der Waals surface area contributed by atoms with Gasteiger partial charge in [0.05, 0.1) is 13.2 Å². The first-order valence-electron chi connectivity index (χ1n) is 10.1. The lowest BCUT2D eigenvalue weighted by atomic mass is 9.89. The molecule has 156 valence electrons. The molecule has 2 aromatic rings. The quantitative estimate of drug-likeness (QED) is 0.754. The first-order chi connectivity index (χ1) is 13.7. The molecular weight excluding hydrogens is 366 g/mol. The van der Waals surface area contributed by atoms with Gasteiger partial charge < -0.3 is 19.5 Å². The Morgan fingerprint density at radius 3 is 2.55 bits per heavy atom. The van der Waals surface area contributed by atoms with Gasteiger partial charge >= 0.3 is 0 Å². The number of carbonyl (C=O) groups is 1. The maximum Gasteiger partial charge on any atom is 0.261 e. The lowest BCUT2D eigenvalue weighted by Gasteiger charge is -2.38. The second kappa shape index (κ2) is 8.36. The van der Waals surface area contributed by atoms with Crippen LogP contribution in [0.4, 0.5) is 0 Å². The molecule has 0 radical (unpaired) electrons. The van der Waals surface area contributed by atoms with Gasteiger partial charge in [-0.15, -0.1) is 0 Å². The van der Waals surface area contributed by atoms with Crippen LogP contribution >= 0.6 is 0 Å². The Hall–Kier alpha value is -2.69. The van der Waals surface area contributed by atoms with Crippen LogP contribution in [0.3, 0.4) is 0 Å². The van der Waals surface area contributed by atoms with Gasteiger partial charge in [-0.3, -0.25) is 4.79 Å². The molecule has 2 atom stereocenters. The average molecular weight is 398 g/mol. The summed E-state index contributed by atoms with van der Waals surface area (Å²) in [5.41, 5.74) is 2.89. The third kappa shape index (κ3) is 4.84. The first-order valence-corrected chi connectivity index (χ1v) is 10.1. The van der Waals surface area contributed by atoms with Crippen molar-refractivity contribution in [3.05, 3.63) is 53.1 Å². The van der Waals surface area contributed by atoms with Crippen molar-refractivity contribution in [1.29, 1.82) is 0 Å². The first kappa shape index (κ1) is 21.0. The molecule has 1 aliphatic rings. The Morgan fingerprint density at radius 2 is 1.90 bits per heavy atom. The zero-order valence-corrected chi connectivity index (χ0v) is 18.2. The van der Waals surface area contributed by atoms with Crippen molar-refractivity contribution >= 4 is 5.91 Å². The van der Waals surface area contributed by atoms with Crippen molar-refractivity contribution in [1.82, 2.24) is 5.32 Å². The molecule has 1 aliphatic heterocycles. The summed E-state index contributed by atoms with van der Waals surface area (Å²) >= 11 is 0. The monoisotopic (exact) mass is 397 g/mol. The number of ether oxygens (including phenoxy) is 3. The van der Waals surface area contributed by atoms with E-state index in [1.165, 1.54) is 5.56 Å². The predicted octanol–water partition coefficient (Wildman–Crippen LogP) is 4.89. The minimum atomic E-state index is -0.558. The Morgan fingerprint density at radius 1 is 1.17 bits per heavy atom. The van der Waals surface area contributed by atoms with Crippen molar-refractivity contribution in [3.8, 4) is 17.2 Å². The van der Waals surface area contributed by atoms with Crippen molar-refractivity contribution in [3.63, 3.8) is 0 Å². The average Bonchev–Trinajstić information content (AvgIpc) is 2.67. The molecular formula is C24H31NO4. The highest BCUT2D eigenvalue weighted by atomic mass is 16.5. The van der Waals surface area contributed by atoms with Crippen molar-refractivity contribution in [2.24, 2.45) is 0 Å². The van der Waals surface area contributed by atoms with E-state index in [1.54, 1.807) is 7.11 Å². The molecule has 0 unspecified atom stereocenters. The molecule has 0 saturated carbocycles. The number of methoxy groups -OCH3 is 1. The van der Waals surface area contributed by atoms with E-state index >= 15 is 0 Å². The molecule has 0 aromatic heterocycles. The zero-order valence-electron chi connectivity index (χ0n) is 18.2. The van der Waals surface area contributed by atoms with Crippen molar-refractivity contribution in [2.75, 3.05) is 7.11 Å². The summed E-state index contributed by atoms with van der Waals surface area (Å²) in [6.07, 6.45) is 0.687. The number of rotatable bonds is 6. The molecule has 1 N–H and O–H groups in total. The normalized spacial score (nSPS) is 18.2. The highest BCUT2D eigenvalue weighted by Gasteiger charge is 2.36. The Balaban J connectivity index is 1.80. The van der Waals surface area contributed by atoms with Gasteiger partial charge in [0.2, 0.25) is 0 Å². The molecule has 1 amide bonds. The van der Waals surface area contributed by atoms with Crippen LogP contribution in [0.5, 0.6) is 17.2 Å². The summed E-state index contributed by atoms with van der Waals surface area (Å²) in [5.74, 6) is 2.10. The van der Waals surface area contributed by atoms with Gasteiger partial charge in [-0.2, -0.15) is 0 Å². The van der Waals surface area contributed by atoms with E-state index in [2.05, 4.69) is 12.2 Å². The van der Waals surface area contributed by atoms with Crippen LogP contribution < -0.4 is 19.5 Å². The van der Waals surface area contributed by atoms with Crippen LogP contribution in [0.1, 0.15) is 56.3 Å². The van der Waals surface area contributed by atoms with E-state index in [1.807, 2.05) is 64.1 Å². The van der Waals surface area contributed by atoms with E-state index in [4.69, 9.17) is 14.2 Å². The maximum atomic E-state index is 13.1. The Bertz CT molecular complexity index is 890. The predicted molar refractivity (Wildman–Crippen MR) is 114 cm³/mol. The maximum absolute atomic E-state index is 13.1. The smallest absolute Gasteiger partial charge is 0.261 e. The largest absolute Gasteiger partial charge is 0.497 e. The standard InChI is InChI=1S/C24H31NO4/c1-7-21(28-18-9-8-15(2)16(3)12-18)23(26)25-20-14-24(4,5)29-22-11-10-17(27-6)13-19(20)22/h8-13,20-21H,7,14H2,1-6H3,(H,25,26)/t20-,21-/m1/s1. The van der Waals surface area contributed by atoms with Crippen LogP contribution in [0, 0.1) is 13.8 Å².